The molecule has 0 bridgehead atoms. The number of anilines is 1. The number of methoxy groups -OCH3 is 1. The maximum atomic E-state index is 5.10. The third-order valence-electron chi connectivity index (χ3n) is 4.71. The van der Waals surface area contributed by atoms with Gasteiger partial charge in [0.2, 0.25) is 0 Å². The Hall–Kier alpha value is -1.17. The van der Waals surface area contributed by atoms with E-state index < -0.39 is 0 Å². The molecule has 1 N–H and O–H groups in total. The first-order valence-electron chi connectivity index (χ1n) is 8.38. The monoisotopic (exact) mass is 304 g/mol. The smallest absolute Gasteiger partial charge is 0.128 e. The summed E-state index contributed by atoms with van der Waals surface area (Å²) in [5.74, 6) is 1.00. The summed E-state index contributed by atoms with van der Waals surface area (Å²) < 4.78 is 5.10. The lowest BCUT2D eigenvalue weighted by Crippen LogP contribution is -2.32. The van der Waals surface area contributed by atoms with E-state index in [1.54, 1.807) is 7.11 Å². The van der Waals surface area contributed by atoms with Crippen LogP contribution in [0.2, 0.25) is 0 Å². The molecule has 122 valence electrons. The lowest BCUT2D eigenvalue weighted by molar-refractivity contribution is 0.206. The van der Waals surface area contributed by atoms with Crippen molar-refractivity contribution in [2.24, 2.45) is 0 Å². The van der Waals surface area contributed by atoms with Crippen molar-refractivity contribution in [3.63, 3.8) is 0 Å². The number of hydrogen-bond donors (Lipinski definition) is 1. The largest absolute Gasteiger partial charge is 0.383 e. The van der Waals surface area contributed by atoms with Crippen molar-refractivity contribution in [2.45, 2.75) is 37.9 Å². The Bertz CT molecular complexity index is 460. The number of rotatable bonds is 8. The van der Waals surface area contributed by atoms with Gasteiger partial charge in [0, 0.05) is 58.6 Å². The predicted octanol–water partition coefficient (Wildman–Crippen LogP) is 1.49. The maximum Gasteiger partial charge on any atom is 0.128 e. The summed E-state index contributed by atoms with van der Waals surface area (Å²) >= 11 is 0. The summed E-state index contributed by atoms with van der Waals surface area (Å²) in [6, 6.07) is 5.81. The maximum absolute atomic E-state index is 5.10. The first kappa shape index (κ1) is 15.7. The number of likely N-dealkylation sites (N-methyl/N-ethyl adjacent to an activating group) is 1. The molecule has 1 saturated heterocycles. The number of likely N-dealkylation sites (tertiary alicyclic amines) is 1. The summed E-state index contributed by atoms with van der Waals surface area (Å²) in [7, 11) is 3.77. The van der Waals surface area contributed by atoms with Crippen LogP contribution in [0.15, 0.2) is 18.3 Å². The first-order chi connectivity index (χ1) is 10.8. The Morgan fingerprint density at radius 2 is 2.23 bits per heavy atom. The molecular formula is C17H28N4O. The van der Waals surface area contributed by atoms with Crippen molar-refractivity contribution in [3.05, 3.63) is 23.9 Å². The topological polar surface area (TPSA) is 40.6 Å². The summed E-state index contributed by atoms with van der Waals surface area (Å²) in [4.78, 5) is 9.31. The van der Waals surface area contributed by atoms with Gasteiger partial charge < -0.3 is 15.0 Å². The second-order valence-corrected chi connectivity index (χ2v) is 6.53. The molecule has 0 spiro atoms. The molecule has 3 rings (SSSR count). The van der Waals surface area contributed by atoms with Gasteiger partial charge in [-0.25, -0.2) is 4.98 Å². The Morgan fingerprint density at radius 1 is 1.36 bits per heavy atom. The first-order valence-corrected chi connectivity index (χ1v) is 8.38. The predicted molar refractivity (Wildman–Crippen MR) is 89.2 cm³/mol. The van der Waals surface area contributed by atoms with Gasteiger partial charge in [-0.15, -0.1) is 0 Å². The second-order valence-electron chi connectivity index (χ2n) is 6.53. The zero-order chi connectivity index (χ0) is 15.4. The minimum atomic E-state index is 0.643. The third kappa shape index (κ3) is 4.18. The molecule has 0 aromatic carbocycles. The van der Waals surface area contributed by atoms with E-state index >= 15 is 0 Å². The van der Waals surface area contributed by atoms with E-state index in [0.29, 0.717) is 6.04 Å². The van der Waals surface area contributed by atoms with Crippen LogP contribution in [0.3, 0.4) is 0 Å². The summed E-state index contributed by atoms with van der Waals surface area (Å²) in [6.45, 7) is 4.98. The molecular weight excluding hydrogens is 276 g/mol. The van der Waals surface area contributed by atoms with E-state index in [1.807, 2.05) is 13.2 Å². The molecule has 2 aliphatic rings. The van der Waals surface area contributed by atoms with Crippen molar-refractivity contribution in [1.29, 1.82) is 0 Å². The Labute approximate surface area is 133 Å². The zero-order valence-electron chi connectivity index (χ0n) is 13.8. The minimum absolute atomic E-state index is 0.643. The highest BCUT2D eigenvalue weighted by Gasteiger charge is 2.33. The third-order valence-corrected chi connectivity index (χ3v) is 4.71. The summed E-state index contributed by atoms with van der Waals surface area (Å²) in [5.41, 5.74) is 1.26. The van der Waals surface area contributed by atoms with Crippen LogP contribution in [-0.4, -0.2) is 62.4 Å². The van der Waals surface area contributed by atoms with Crippen LogP contribution in [0, 0.1) is 0 Å². The van der Waals surface area contributed by atoms with Gasteiger partial charge in [-0.1, -0.05) is 6.07 Å². The Kier molecular flexibility index (Phi) is 5.28. The lowest BCUT2D eigenvalue weighted by atomic mass is 10.2. The molecule has 22 heavy (non-hydrogen) atoms. The molecule has 1 saturated carbocycles. The fraction of sp³-hybridized carbons (Fsp3) is 0.706. The van der Waals surface area contributed by atoms with Crippen LogP contribution < -0.4 is 10.2 Å². The van der Waals surface area contributed by atoms with Crippen LogP contribution in [-0.2, 0) is 11.3 Å². The highest BCUT2D eigenvalue weighted by Crippen LogP contribution is 2.29. The van der Waals surface area contributed by atoms with E-state index in [4.69, 9.17) is 4.74 Å². The molecule has 2 heterocycles. The second kappa shape index (κ2) is 7.40. The molecule has 5 nitrogen and oxygen atoms in total. The fourth-order valence-electron chi connectivity index (χ4n) is 3.08. The highest BCUT2D eigenvalue weighted by atomic mass is 16.5. The number of aromatic nitrogens is 1. The average molecular weight is 304 g/mol. The normalized spacial score (nSPS) is 22.2. The zero-order valence-corrected chi connectivity index (χ0v) is 13.8. The summed E-state index contributed by atoms with van der Waals surface area (Å²) in [6.07, 6.45) is 6.09. The van der Waals surface area contributed by atoms with Crippen LogP contribution >= 0.6 is 0 Å². The van der Waals surface area contributed by atoms with Crippen LogP contribution in [0.1, 0.15) is 24.8 Å². The van der Waals surface area contributed by atoms with Crippen molar-refractivity contribution < 1.29 is 4.74 Å². The van der Waals surface area contributed by atoms with Gasteiger partial charge in [0.05, 0.1) is 6.61 Å². The Balaban J connectivity index is 1.43. The fourth-order valence-corrected chi connectivity index (χ4v) is 3.08. The van der Waals surface area contributed by atoms with Gasteiger partial charge in [-0.05, 0) is 30.9 Å². The number of nitrogens with one attached hydrogen (secondary N) is 1. The molecule has 1 aliphatic carbocycles. The van der Waals surface area contributed by atoms with E-state index in [2.05, 4.69) is 32.2 Å². The van der Waals surface area contributed by atoms with Crippen LogP contribution in [0.25, 0.3) is 0 Å². The van der Waals surface area contributed by atoms with E-state index in [-0.39, 0.29) is 0 Å². The van der Waals surface area contributed by atoms with Crippen molar-refractivity contribution in [3.8, 4) is 0 Å². The van der Waals surface area contributed by atoms with Gasteiger partial charge in [0.25, 0.3) is 0 Å². The standard InChI is InChI=1S/C17H28N4O/c1-20(9-10-22-2)17-6-3-14(12-19-17)11-18-15-7-8-21(13-15)16-4-5-16/h3,6,12,15-16,18H,4-5,7-11,13H2,1-2H3. The number of nitrogens with zero attached hydrogens (tertiary/aromatic N) is 3. The molecule has 1 atom stereocenters. The summed E-state index contributed by atoms with van der Waals surface area (Å²) in [5, 5.41) is 3.68. The van der Waals surface area contributed by atoms with Crippen molar-refractivity contribution in [2.75, 3.05) is 45.3 Å². The van der Waals surface area contributed by atoms with Gasteiger partial charge in [0.1, 0.15) is 5.82 Å². The Morgan fingerprint density at radius 3 is 2.91 bits per heavy atom. The molecule has 1 aromatic heterocycles. The molecule has 0 radical (unpaired) electrons. The van der Waals surface area contributed by atoms with Crippen molar-refractivity contribution >= 4 is 5.82 Å². The van der Waals surface area contributed by atoms with Gasteiger partial charge in [0.15, 0.2) is 0 Å². The van der Waals surface area contributed by atoms with E-state index in [9.17, 15) is 0 Å². The quantitative estimate of drug-likeness (QED) is 0.788. The van der Waals surface area contributed by atoms with E-state index in [0.717, 1.165) is 31.6 Å². The lowest BCUT2D eigenvalue weighted by Gasteiger charge is -2.18. The molecule has 1 aliphatic heterocycles. The molecule has 0 amide bonds. The van der Waals surface area contributed by atoms with Gasteiger partial charge in [-0.3, -0.25) is 4.90 Å². The average Bonchev–Trinajstić information content (AvgIpc) is 3.30. The van der Waals surface area contributed by atoms with Gasteiger partial charge in [-0.2, -0.15) is 0 Å². The molecule has 2 fully saturated rings. The molecule has 1 unspecified atom stereocenters. The van der Waals surface area contributed by atoms with Gasteiger partial charge >= 0.3 is 0 Å². The SMILES string of the molecule is COCCN(C)c1ccc(CNC2CCN(C3CC3)C2)cn1. The van der Waals surface area contributed by atoms with Crippen molar-refractivity contribution in [1.82, 2.24) is 15.2 Å². The van der Waals surface area contributed by atoms with E-state index in [1.165, 1.54) is 37.9 Å². The number of pyridine rings is 1. The van der Waals surface area contributed by atoms with Crippen LogP contribution in [0.4, 0.5) is 5.82 Å². The molecule has 1 aromatic rings. The number of hydrogen-bond acceptors (Lipinski definition) is 5. The minimum Gasteiger partial charge on any atom is -0.383 e. The van der Waals surface area contributed by atoms with Crippen LogP contribution in [0.5, 0.6) is 0 Å². The number of ether oxygens (including phenoxy) is 1. The highest BCUT2D eigenvalue weighted by molar-refractivity contribution is 5.38. The molecule has 5 heteroatoms.